The number of hydrogen-bond donors (Lipinski definition) is 1. The van der Waals surface area contributed by atoms with E-state index >= 15 is 0 Å². The molecule has 1 aromatic rings. The third kappa shape index (κ3) is 3.40. The topological polar surface area (TPSA) is 35.2 Å². The molecule has 0 radical (unpaired) electrons. The van der Waals surface area contributed by atoms with Crippen LogP contribution in [0.25, 0.3) is 0 Å². The summed E-state index contributed by atoms with van der Waals surface area (Å²) in [4.78, 5) is 0. The number of hydrogen-bond acceptors (Lipinski definition) is 2. The molecule has 3 heteroatoms. The summed E-state index contributed by atoms with van der Waals surface area (Å²) < 4.78 is 5.70. The van der Waals surface area contributed by atoms with Gasteiger partial charge >= 0.3 is 0 Å². The predicted octanol–water partition coefficient (Wildman–Crippen LogP) is 3.15. The summed E-state index contributed by atoms with van der Waals surface area (Å²) in [6, 6.07) is 5.80. The zero-order chi connectivity index (χ0) is 11.4. The van der Waals surface area contributed by atoms with Crippen molar-refractivity contribution in [3.05, 3.63) is 28.8 Å². The van der Waals surface area contributed by atoms with Crippen LogP contribution in [-0.4, -0.2) is 12.1 Å². The van der Waals surface area contributed by atoms with Gasteiger partial charge in [0.25, 0.3) is 0 Å². The molecule has 15 heavy (non-hydrogen) atoms. The highest BCUT2D eigenvalue weighted by molar-refractivity contribution is 6.32. The molecule has 2 unspecified atom stereocenters. The SMILES string of the molecule is CCC(N)C(C)Oc1ccc(C)cc1Cl. The lowest BCUT2D eigenvalue weighted by Crippen LogP contribution is -2.35. The molecule has 0 fully saturated rings. The molecule has 2 nitrogen and oxygen atoms in total. The molecule has 1 rings (SSSR count). The minimum absolute atomic E-state index is 0.0183. The molecule has 0 aromatic heterocycles. The predicted molar refractivity (Wildman–Crippen MR) is 64.5 cm³/mol. The Balaban J connectivity index is 2.72. The Morgan fingerprint density at radius 1 is 1.47 bits per heavy atom. The molecule has 0 bridgehead atoms. The van der Waals surface area contributed by atoms with Gasteiger partial charge in [0, 0.05) is 6.04 Å². The van der Waals surface area contributed by atoms with Crippen LogP contribution in [0.1, 0.15) is 25.8 Å². The van der Waals surface area contributed by atoms with Crippen molar-refractivity contribution in [2.75, 3.05) is 0 Å². The maximum atomic E-state index is 6.06. The van der Waals surface area contributed by atoms with E-state index in [9.17, 15) is 0 Å². The fourth-order valence-electron chi connectivity index (χ4n) is 1.32. The summed E-state index contributed by atoms with van der Waals surface area (Å²) in [6.07, 6.45) is 0.875. The fourth-order valence-corrected chi connectivity index (χ4v) is 1.60. The molecule has 2 atom stereocenters. The number of rotatable bonds is 4. The molecule has 0 spiro atoms. The van der Waals surface area contributed by atoms with E-state index in [0.717, 1.165) is 12.0 Å². The van der Waals surface area contributed by atoms with Gasteiger partial charge in [-0.1, -0.05) is 24.6 Å². The van der Waals surface area contributed by atoms with Crippen molar-refractivity contribution in [2.24, 2.45) is 5.73 Å². The Morgan fingerprint density at radius 2 is 2.13 bits per heavy atom. The van der Waals surface area contributed by atoms with E-state index in [1.807, 2.05) is 39.0 Å². The first-order valence-corrected chi connectivity index (χ1v) is 5.60. The minimum Gasteiger partial charge on any atom is -0.488 e. The zero-order valence-electron chi connectivity index (χ0n) is 9.46. The van der Waals surface area contributed by atoms with Gasteiger partial charge in [0.15, 0.2) is 0 Å². The van der Waals surface area contributed by atoms with Crippen molar-refractivity contribution in [1.82, 2.24) is 0 Å². The van der Waals surface area contributed by atoms with Crippen LogP contribution in [0.2, 0.25) is 5.02 Å². The van der Waals surface area contributed by atoms with Crippen LogP contribution in [-0.2, 0) is 0 Å². The Hall–Kier alpha value is -0.730. The van der Waals surface area contributed by atoms with E-state index in [-0.39, 0.29) is 12.1 Å². The van der Waals surface area contributed by atoms with E-state index in [1.54, 1.807) is 0 Å². The smallest absolute Gasteiger partial charge is 0.138 e. The highest BCUT2D eigenvalue weighted by Crippen LogP contribution is 2.26. The van der Waals surface area contributed by atoms with Gasteiger partial charge in [-0.3, -0.25) is 0 Å². The summed E-state index contributed by atoms with van der Waals surface area (Å²) in [7, 11) is 0. The van der Waals surface area contributed by atoms with E-state index in [2.05, 4.69) is 0 Å². The lowest BCUT2D eigenvalue weighted by atomic mass is 10.1. The highest BCUT2D eigenvalue weighted by Gasteiger charge is 2.13. The first kappa shape index (κ1) is 12.3. The first-order chi connectivity index (χ1) is 7.04. The lowest BCUT2D eigenvalue weighted by molar-refractivity contribution is 0.187. The van der Waals surface area contributed by atoms with Gasteiger partial charge in [0.1, 0.15) is 11.9 Å². The van der Waals surface area contributed by atoms with Crippen molar-refractivity contribution in [2.45, 2.75) is 39.3 Å². The number of benzene rings is 1. The highest BCUT2D eigenvalue weighted by atomic mass is 35.5. The van der Waals surface area contributed by atoms with Crippen molar-refractivity contribution < 1.29 is 4.74 Å². The quantitative estimate of drug-likeness (QED) is 0.858. The second kappa shape index (κ2) is 5.38. The van der Waals surface area contributed by atoms with E-state index in [1.165, 1.54) is 0 Å². The Labute approximate surface area is 96.4 Å². The molecule has 0 heterocycles. The molecule has 0 aliphatic rings. The maximum absolute atomic E-state index is 6.06. The lowest BCUT2D eigenvalue weighted by Gasteiger charge is -2.20. The number of aryl methyl sites for hydroxylation is 1. The summed E-state index contributed by atoms with van der Waals surface area (Å²) >= 11 is 6.06. The summed E-state index contributed by atoms with van der Waals surface area (Å²) in [5, 5.41) is 0.644. The standard InChI is InChI=1S/C12H18ClNO/c1-4-11(14)9(3)15-12-6-5-8(2)7-10(12)13/h5-7,9,11H,4,14H2,1-3H3. The third-order valence-corrected chi connectivity index (χ3v) is 2.77. The van der Waals surface area contributed by atoms with Crippen molar-refractivity contribution >= 4 is 11.6 Å². The van der Waals surface area contributed by atoms with Crippen LogP contribution in [0.15, 0.2) is 18.2 Å². The maximum Gasteiger partial charge on any atom is 0.138 e. The monoisotopic (exact) mass is 227 g/mol. The molecule has 2 N–H and O–H groups in total. The molecule has 0 amide bonds. The van der Waals surface area contributed by atoms with Crippen LogP contribution in [0.3, 0.4) is 0 Å². The van der Waals surface area contributed by atoms with Gasteiger partial charge in [-0.2, -0.15) is 0 Å². The molecular weight excluding hydrogens is 210 g/mol. The Bertz CT molecular complexity index is 327. The average Bonchev–Trinajstić information content (AvgIpc) is 2.20. The molecular formula is C12H18ClNO. The Morgan fingerprint density at radius 3 is 2.67 bits per heavy atom. The van der Waals surface area contributed by atoms with Crippen LogP contribution >= 0.6 is 11.6 Å². The van der Waals surface area contributed by atoms with Gasteiger partial charge in [0.05, 0.1) is 5.02 Å². The van der Waals surface area contributed by atoms with E-state index < -0.39 is 0 Å². The zero-order valence-corrected chi connectivity index (χ0v) is 10.2. The number of ether oxygens (including phenoxy) is 1. The van der Waals surface area contributed by atoms with E-state index in [0.29, 0.717) is 10.8 Å². The largest absolute Gasteiger partial charge is 0.488 e. The van der Waals surface area contributed by atoms with Crippen LogP contribution in [0.4, 0.5) is 0 Å². The summed E-state index contributed by atoms with van der Waals surface area (Å²) in [5.74, 6) is 0.707. The molecule has 0 saturated carbocycles. The Kier molecular flexibility index (Phi) is 4.43. The molecule has 1 aromatic carbocycles. The number of halogens is 1. The molecule has 0 saturated heterocycles. The van der Waals surface area contributed by atoms with Gasteiger partial charge in [-0.25, -0.2) is 0 Å². The minimum atomic E-state index is -0.0183. The van der Waals surface area contributed by atoms with E-state index in [4.69, 9.17) is 22.1 Å². The molecule has 0 aliphatic heterocycles. The second-order valence-corrected chi connectivity index (χ2v) is 4.24. The first-order valence-electron chi connectivity index (χ1n) is 5.23. The van der Waals surface area contributed by atoms with Crippen LogP contribution < -0.4 is 10.5 Å². The fraction of sp³-hybridized carbons (Fsp3) is 0.500. The van der Waals surface area contributed by atoms with Gasteiger partial charge in [-0.15, -0.1) is 0 Å². The number of nitrogens with two attached hydrogens (primary N) is 1. The van der Waals surface area contributed by atoms with Gasteiger partial charge in [-0.05, 0) is 38.0 Å². The average molecular weight is 228 g/mol. The summed E-state index contributed by atoms with van der Waals surface area (Å²) in [5.41, 5.74) is 7.00. The third-order valence-electron chi connectivity index (χ3n) is 2.47. The molecule has 84 valence electrons. The second-order valence-electron chi connectivity index (χ2n) is 3.83. The van der Waals surface area contributed by atoms with Crippen molar-refractivity contribution in [3.8, 4) is 5.75 Å². The van der Waals surface area contributed by atoms with Gasteiger partial charge in [0.2, 0.25) is 0 Å². The summed E-state index contributed by atoms with van der Waals surface area (Å²) in [6.45, 7) is 6.00. The molecule has 0 aliphatic carbocycles. The van der Waals surface area contributed by atoms with Crippen molar-refractivity contribution in [3.63, 3.8) is 0 Å². The normalized spacial score (nSPS) is 14.7. The van der Waals surface area contributed by atoms with Crippen LogP contribution in [0, 0.1) is 6.92 Å². The van der Waals surface area contributed by atoms with Gasteiger partial charge < -0.3 is 10.5 Å². The van der Waals surface area contributed by atoms with Crippen LogP contribution in [0.5, 0.6) is 5.75 Å². The van der Waals surface area contributed by atoms with Crippen molar-refractivity contribution in [1.29, 1.82) is 0 Å².